The van der Waals surface area contributed by atoms with Crippen LogP contribution in [0.25, 0.3) is 0 Å². The van der Waals surface area contributed by atoms with Gasteiger partial charge in [0.25, 0.3) is 0 Å². The number of nitrogens with zero attached hydrogens (tertiary/aromatic N) is 3. The maximum Gasteiger partial charge on any atom is 0.249 e. The van der Waals surface area contributed by atoms with E-state index in [1.807, 2.05) is 56.9 Å². The van der Waals surface area contributed by atoms with Gasteiger partial charge in [0.05, 0.1) is 30.6 Å². The van der Waals surface area contributed by atoms with Crippen LogP contribution in [0, 0.1) is 17.8 Å². The third-order valence-corrected chi connectivity index (χ3v) is 8.26. The molecule has 0 aromatic heterocycles. The van der Waals surface area contributed by atoms with Crippen LogP contribution in [0.15, 0.2) is 24.3 Å². The average molecular weight is 488 g/mol. The molecule has 194 valence electrons. The summed E-state index contributed by atoms with van der Waals surface area (Å²) in [6, 6.07) is -1.45. The summed E-state index contributed by atoms with van der Waals surface area (Å²) in [7, 11) is 0. The average Bonchev–Trinajstić information content (AvgIpc) is 3.12. The first-order chi connectivity index (χ1) is 16.7. The van der Waals surface area contributed by atoms with E-state index < -0.39 is 35.6 Å². The molecule has 2 saturated heterocycles. The normalized spacial score (nSPS) is 34.1. The fraction of sp³-hybridized carbons (Fsp3) is 0.741. The predicted octanol–water partition coefficient (Wildman–Crippen LogP) is 1.98. The molecule has 8 nitrogen and oxygen atoms in total. The number of aliphatic hydroxyl groups excluding tert-OH is 1. The SMILES string of the molecule is CCCC(C)N1CC=C[C@]23O[C@H]4C=CCN(CCC)C(=O)[C@H]4[C@H]2C(=O)N([C@@H](CO)C(C)C)C3C1=O. The Morgan fingerprint density at radius 3 is 2.43 bits per heavy atom. The van der Waals surface area contributed by atoms with E-state index in [1.165, 1.54) is 0 Å². The largest absolute Gasteiger partial charge is 0.394 e. The lowest BCUT2D eigenvalue weighted by molar-refractivity contribution is -0.153. The molecule has 0 aromatic rings. The maximum atomic E-state index is 14.2. The summed E-state index contributed by atoms with van der Waals surface area (Å²) in [5.74, 6) is -2.09. The molecular formula is C27H41N3O5. The number of hydrogen-bond acceptors (Lipinski definition) is 5. The summed E-state index contributed by atoms with van der Waals surface area (Å²) in [4.78, 5) is 47.4. The van der Waals surface area contributed by atoms with Gasteiger partial charge in [-0.25, -0.2) is 0 Å². The second-order valence-corrected chi connectivity index (χ2v) is 10.8. The summed E-state index contributed by atoms with van der Waals surface area (Å²) < 4.78 is 6.66. The summed E-state index contributed by atoms with van der Waals surface area (Å²) in [5.41, 5.74) is -1.23. The Hall–Kier alpha value is -2.19. The minimum atomic E-state index is -1.23. The lowest BCUT2D eigenvalue weighted by Crippen LogP contribution is -2.60. The predicted molar refractivity (Wildman–Crippen MR) is 132 cm³/mol. The van der Waals surface area contributed by atoms with E-state index in [4.69, 9.17) is 4.74 Å². The van der Waals surface area contributed by atoms with Gasteiger partial charge in [0, 0.05) is 25.7 Å². The van der Waals surface area contributed by atoms with Gasteiger partial charge in [0.2, 0.25) is 17.7 Å². The van der Waals surface area contributed by atoms with E-state index in [2.05, 4.69) is 6.92 Å². The van der Waals surface area contributed by atoms with Crippen LogP contribution in [-0.4, -0.2) is 93.6 Å². The first-order valence-corrected chi connectivity index (χ1v) is 13.3. The number of hydrogen-bond donors (Lipinski definition) is 1. The highest BCUT2D eigenvalue weighted by molar-refractivity contribution is 6.00. The summed E-state index contributed by atoms with van der Waals surface area (Å²) in [5, 5.41) is 10.3. The number of aliphatic hydroxyl groups is 1. The molecule has 8 heteroatoms. The van der Waals surface area contributed by atoms with Crippen LogP contribution in [0.1, 0.15) is 53.9 Å². The van der Waals surface area contributed by atoms with E-state index in [0.29, 0.717) is 19.6 Å². The van der Waals surface area contributed by atoms with Crippen LogP contribution in [-0.2, 0) is 19.1 Å². The van der Waals surface area contributed by atoms with Gasteiger partial charge in [0.1, 0.15) is 11.6 Å². The van der Waals surface area contributed by atoms with Crippen LogP contribution in [0.4, 0.5) is 0 Å². The number of fused-ring (bicyclic) bond motifs is 2. The van der Waals surface area contributed by atoms with E-state index in [0.717, 1.165) is 19.3 Å². The Labute approximate surface area is 208 Å². The topological polar surface area (TPSA) is 90.4 Å². The van der Waals surface area contributed by atoms with Gasteiger partial charge < -0.3 is 24.5 Å². The minimum absolute atomic E-state index is 0.00313. The van der Waals surface area contributed by atoms with Crippen LogP contribution >= 0.6 is 0 Å². The Morgan fingerprint density at radius 1 is 1.06 bits per heavy atom. The van der Waals surface area contributed by atoms with Crippen molar-refractivity contribution < 1.29 is 24.2 Å². The van der Waals surface area contributed by atoms with Gasteiger partial charge in [-0.1, -0.05) is 58.4 Å². The van der Waals surface area contributed by atoms with Gasteiger partial charge in [-0.05, 0) is 25.7 Å². The smallest absolute Gasteiger partial charge is 0.249 e. The highest BCUT2D eigenvalue weighted by Crippen LogP contribution is 2.54. The quantitative estimate of drug-likeness (QED) is 0.529. The van der Waals surface area contributed by atoms with E-state index in [9.17, 15) is 19.5 Å². The first kappa shape index (κ1) is 25.9. The van der Waals surface area contributed by atoms with E-state index >= 15 is 0 Å². The zero-order valence-electron chi connectivity index (χ0n) is 21.7. The first-order valence-electron chi connectivity index (χ1n) is 13.3. The number of likely N-dealkylation sites (tertiary alicyclic amines) is 1. The third-order valence-electron chi connectivity index (χ3n) is 8.26. The summed E-state index contributed by atoms with van der Waals surface area (Å²) >= 11 is 0. The molecular weight excluding hydrogens is 446 g/mol. The molecule has 4 heterocycles. The molecule has 3 amide bonds. The molecule has 0 radical (unpaired) electrons. The van der Waals surface area contributed by atoms with Crippen molar-refractivity contribution in [2.45, 2.75) is 83.7 Å². The van der Waals surface area contributed by atoms with Gasteiger partial charge in [-0.15, -0.1) is 0 Å². The molecule has 2 unspecified atom stereocenters. The van der Waals surface area contributed by atoms with Crippen LogP contribution < -0.4 is 0 Å². The molecule has 4 aliphatic rings. The highest BCUT2D eigenvalue weighted by Gasteiger charge is 2.72. The zero-order chi connectivity index (χ0) is 25.5. The van der Waals surface area contributed by atoms with Gasteiger partial charge in [-0.3, -0.25) is 14.4 Å². The van der Waals surface area contributed by atoms with Crippen molar-refractivity contribution in [3.05, 3.63) is 24.3 Å². The van der Waals surface area contributed by atoms with Crippen molar-refractivity contribution in [3.8, 4) is 0 Å². The van der Waals surface area contributed by atoms with Crippen LogP contribution in [0.2, 0.25) is 0 Å². The molecule has 1 spiro atoms. The molecule has 7 atom stereocenters. The standard InChI is InChI=1S/C27H41N3O5/c1-6-10-18(5)29-15-9-12-27-22(21-20(35-27)11-8-14-28(13-7-2)24(21)32)25(33)30(23(27)26(29)34)19(16-31)17(3)4/h8-9,11-12,17-23,31H,6-7,10,13-16H2,1-5H3/t18?,19-,20-,21+,22-,23?,27-/m0/s1. The monoisotopic (exact) mass is 487 g/mol. The third kappa shape index (κ3) is 4.02. The lowest BCUT2D eigenvalue weighted by Gasteiger charge is -2.41. The van der Waals surface area contributed by atoms with Crippen LogP contribution in [0.5, 0.6) is 0 Å². The van der Waals surface area contributed by atoms with Crippen molar-refractivity contribution >= 4 is 17.7 Å². The van der Waals surface area contributed by atoms with Crippen LogP contribution in [0.3, 0.4) is 0 Å². The Bertz CT molecular complexity index is 901. The molecule has 4 aliphatic heterocycles. The highest BCUT2D eigenvalue weighted by atomic mass is 16.5. The zero-order valence-corrected chi connectivity index (χ0v) is 21.7. The molecule has 2 fully saturated rings. The molecule has 4 rings (SSSR count). The van der Waals surface area contributed by atoms with Crippen molar-refractivity contribution in [2.75, 3.05) is 26.2 Å². The van der Waals surface area contributed by atoms with Gasteiger partial charge in [0.15, 0.2) is 0 Å². The van der Waals surface area contributed by atoms with E-state index in [1.54, 1.807) is 9.80 Å². The molecule has 1 N–H and O–H groups in total. The molecule has 0 aromatic carbocycles. The minimum Gasteiger partial charge on any atom is -0.394 e. The number of rotatable bonds is 8. The van der Waals surface area contributed by atoms with Gasteiger partial charge >= 0.3 is 0 Å². The van der Waals surface area contributed by atoms with Crippen molar-refractivity contribution in [1.82, 2.24) is 14.7 Å². The van der Waals surface area contributed by atoms with Crippen molar-refractivity contribution in [1.29, 1.82) is 0 Å². The number of ether oxygens (including phenoxy) is 1. The fourth-order valence-corrected chi connectivity index (χ4v) is 6.56. The van der Waals surface area contributed by atoms with Crippen molar-refractivity contribution in [2.24, 2.45) is 17.8 Å². The Balaban J connectivity index is 1.84. The fourth-order valence-electron chi connectivity index (χ4n) is 6.56. The second kappa shape index (κ2) is 10.1. The summed E-state index contributed by atoms with van der Waals surface area (Å²) in [6.07, 6.45) is 9.69. The molecule has 0 aliphatic carbocycles. The lowest BCUT2D eigenvalue weighted by atomic mass is 9.77. The molecule has 0 saturated carbocycles. The van der Waals surface area contributed by atoms with Crippen molar-refractivity contribution in [3.63, 3.8) is 0 Å². The van der Waals surface area contributed by atoms with Gasteiger partial charge in [-0.2, -0.15) is 0 Å². The van der Waals surface area contributed by atoms with E-state index in [-0.39, 0.29) is 36.3 Å². The molecule has 0 bridgehead atoms. The number of carbonyl (C=O) groups is 3. The summed E-state index contributed by atoms with van der Waals surface area (Å²) in [6.45, 7) is 11.3. The second-order valence-electron chi connectivity index (χ2n) is 10.8. The number of amides is 3. The molecule has 35 heavy (non-hydrogen) atoms. The Kier molecular flexibility index (Phi) is 7.44. The maximum absolute atomic E-state index is 14.2. The Morgan fingerprint density at radius 2 is 1.80 bits per heavy atom. The number of carbonyl (C=O) groups excluding carboxylic acids is 3.